The van der Waals surface area contributed by atoms with Crippen molar-refractivity contribution in [1.82, 2.24) is 9.47 Å². The molecule has 37 heavy (non-hydrogen) atoms. The Morgan fingerprint density at radius 2 is 1.76 bits per heavy atom. The van der Waals surface area contributed by atoms with Crippen LogP contribution in [0.4, 0.5) is 11.5 Å². The molecule has 0 saturated carbocycles. The van der Waals surface area contributed by atoms with E-state index in [9.17, 15) is 14.9 Å². The van der Waals surface area contributed by atoms with Crippen molar-refractivity contribution in [2.45, 2.75) is 40.7 Å². The maximum atomic E-state index is 13.4. The number of benzene rings is 1. The Bertz CT molecular complexity index is 1320. The van der Waals surface area contributed by atoms with Gasteiger partial charge in [-0.3, -0.25) is 19.1 Å². The lowest BCUT2D eigenvalue weighted by molar-refractivity contribution is -0.122. The second-order valence-corrected chi connectivity index (χ2v) is 11.5. The van der Waals surface area contributed by atoms with E-state index >= 15 is 0 Å². The van der Waals surface area contributed by atoms with E-state index in [1.165, 1.54) is 17.4 Å². The number of hydrogen-bond acceptors (Lipinski definition) is 7. The molecule has 1 amide bonds. The van der Waals surface area contributed by atoms with Crippen molar-refractivity contribution in [3.63, 3.8) is 0 Å². The van der Waals surface area contributed by atoms with Crippen LogP contribution in [0.5, 0.6) is 0 Å². The number of rotatable bonds is 7. The Labute approximate surface area is 228 Å². The molecule has 1 aromatic heterocycles. The number of carbonyl (C=O) groups is 1. The van der Waals surface area contributed by atoms with Gasteiger partial charge in [0.25, 0.3) is 11.5 Å². The molecular weight excluding hydrogens is 502 g/mol. The first-order valence-electron chi connectivity index (χ1n) is 12.7. The number of amides is 1. The third-order valence-electron chi connectivity index (χ3n) is 6.69. The fraction of sp³-hybridized carbons (Fsp3) is 0.429. The number of pyridine rings is 1. The van der Waals surface area contributed by atoms with Crippen LogP contribution in [0.1, 0.15) is 43.9 Å². The largest absolute Gasteiger partial charge is 0.368 e. The number of nitrogens with zero attached hydrogens (tertiary/aromatic N) is 5. The van der Waals surface area contributed by atoms with E-state index in [-0.39, 0.29) is 22.9 Å². The van der Waals surface area contributed by atoms with Crippen LogP contribution in [-0.2, 0) is 11.3 Å². The van der Waals surface area contributed by atoms with Gasteiger partial charge in [-0.1, -0.05) is 63.0 Å². The van der Waals surface area contributed by atoms with Crippen molar-refractivity contribution in [2.75, 3.05) is 42.5 Å². The summed E-state index contributed by atoms with van der Waals surface area (Å²) in [5.74, 6) is 0.955. The molecule has 4 rings (SSSR count). The van der Waals surface area contributed by atoms with Crippen LogP contribution in [0.3, 0.4) is 0 Å². The van der Waals surface area contributed by atoms with E-state index in [1.54, 1.807) is 16.4 Å². The van der Waals surface area contributed by atoms with E-state index in [0.717, 1.165) is 44.0 Å². The van der Waals surface area contributed by atoms with Crippen molar-refractivity contribution in [1.29, 1.82) is 5.26 Å². The Hall–Kier alpha value is -3.09. The first-order chi connectivity index (χ1) is 17.8. The highest BCUT2D eigenvalue weighted by Gasteiger charge is 2.34. The number of anilines is 2. The Kier molecular flexibility index (Phi) is 8.40. The van der Waals surface area contributed by atoms with E-state index in [0.29, 0.717) is 27.9 Å². The van der Waals surface area contributed by atoms with Gasteiger partial charge in [0.15, 0.2) is 0 Å². The lowest BCUT2D eigenvalue weighted by atomic mass is 10.0. The van der Waals surface area contributed by atoms with Crippen molar-refractivity contribution in [2.24, 2.45) is 5.92 Å². The Morgan fingerprint density at radius 3 is 2.35 bits per heavy atom. The summed E-state index contributed by atoms with van der Waals surface area (Å²) in [5.41, 5.74) is 2.39. The summed E-state index contributed by atoms with van der Waals surface area (Å²) >= 11 is 6.81. The van der Waals surface area contributed by atoms with Gasteiger partial charge < -0.3 is 9.80 Å². The maximum Gasteiger partial charge on any atom is 0.270 e. The number of thioether (sulfide) groups is 1. The molecule has 0 bridgehead atoms. The number of para-hydroxylation sites is 1. The van der Waals surface area contributed by atoms with Gasteiger partial charge in [0.05, 0.1) is 4.91 Å². The van der Waals surface area contributed by atoms with Crippen LogP contribution < -0.4 is 15.4 Å². The number of nitriles is 1. The van der Waals surface area contributed by atoms with Crippen molar-refractivity contribution >= 4 is 51.8 Å². The lowest BCUT2D eigenvalue weighted by Crippen LogP contribution is -2.48. The molecule has 0 aliphatic carbocycles. The molecule has 2 fully saturated rings. The molecule has 2 aliphatic rings. The van der Waals surface area contributed by atoms with E-state index < -0.39 is 0 Å². The third kappa shape index (κ3) is 5.46. The minimum Gasteiger partial charge on any atom is -0.368 e. The highest BCUT2D eigenvalue weighted by molar-refractivity contribution is 8.26. The lowest BCUT2D eigenvalue weighted by Gasteiger charge is -2.39. The molecule has 194 valence electrons. The maximum absolute atomic E-state index is 13.4. The second-order valence-electron chi connectivity index (χ2n) is 9.80. The van der Waals surface area contributed by atoms with Gasteiger partial charge in [-0.2, -0.15) is 5.26 Å². The van der Waals surface area contributed by atoms with Crippen LogP contribution in [0.2, 0.25) is 0 Å². The van der Waals surface area contributed by atoms with Gasteiger partial charge in [-0.05, 0) is 43.0 Å². The average molecular weight is 536 g/mol. The highest BCUT2D eigenvalue weighted by atomic mass is 32.2. The Balaban J connectivity index is 1.79. The predicted molar refractivity (Wildman–Crippen MR) is 156 cm³/mol. The number of carbonyl (C=O) groups excluding carboxylic acids is 1. The normalized spacial score (nSPS) is 17.3. The average Bonchev–Trinajstić information content (AvgIpc) is 3.15. The van der Waals surface area contributed by atoms with Gasteiger partial charge in [0.1, 0.15) is 21.8 Å². The third-order valence-corrected chi connectivity index (χ3v) is 8.07. The van der Waals surface area contributed by atoms with Gasteiger partial charge >= 0.3 is 0 Å². The number of piperazine rings is 1. The molecule has 2 aromatic rings. The van der Waals surface area contributed by atoms with Crippen LogP contribution >= 0.6 is 24.0 Å². The number of aromatic nitrogens is 1. The van der Waals surface area contributed by atoms with Crippen molar-refractivity contribution in [3.8, 4) is 6.07 Å². The molecule has 1 aromatic carbocycles. The Morgan fingerprint density at radius 1 is 1.11 bits per heavy atom. The standard InChI is InChI=1S/C28H33N5O2S2/c1-5-11-32-25(31-14-12-30(13-15-31)21-9-7-6-8-10-21)22(20(4)23(17-29)26(32)34)16-24-27(35)33(18-19(2)3)28(36)37-24/h6-10,16,19H,5,11-15,18H2,1-4H3/b24-16-. The minimum absolute atomic E-state index is 0.116. The summed E-state index contributed by atoms with van der Waals surface area (Å²) in [6.45, 7) is 12.0. The van der Waals surface area contributed by atoms with Crippen molar-refractivity contribution in [3.05, 3.63) is 62.3 Å². The predicted octanol–water partition coefficient (Wildman–Crippen LogP) is 4.62. The molecule has 0 N–H and O–H groups in total. The zero-order valence-corrected chi connectivity index (χ0v) is 23.5. The molecule has 3 heterocycles. The summed E-state index contributed by atoms with van der Waals surface area (Å²) in [5, 5.41) is 9.87. The number of hydrogen-bond donors (Lipinski definition) is 0. The van der Waals surface area contributed by atoms with Crippen LogP contribution in [-0.4, -0.2) is 52.4 Å². The summed E-state index contributed by atoms with van der Waals surface area (Å²) in [7, 11) is 0. The van der Waals surface area contributed by atoms with Gasteiger partial charge in [-0.15, -0.1) is 0 Å². The van der Waals surface area contributed by atoms with E-state index in [4.69, 9.17) is 12.2 Å². The van der Waals surface area contributed by atoms with Gasteiger partial charge in [0.2, 0.25) is 0 Å². The number of thiocarbonyl (C=S) groups is 1. The molecule has 0 radical (unpaired) electrons. The summed E-state index contributed by atoms with van der Waals surface area (Å²) in [4.78, 5) is 33.5. The zero-order chi connectivity index (χ0) is 26.7. The summed E-state index contributed by atoms with van der Waals surface area (Å²) in [6, 6.07) is 12.4. The van der Waals surface area contributed by atoms with E-state index in [1.807, 2.05) is 31.2 Å². The fourth-order valence-corrected chi connectivity index (χ4v) is 6.14. The molecule has 2 saturated heterocycles. The topological polar surface area (TPSA) is 72.6 Å². The van der Waals surface area contributed by atoms with Gasteiger partial charge in [0, 0.05) is 50.5 Å². The van der Waals surface area contributed by atoms with Crippen molar-refractivity contribution < 1.29 is 4.79 Å². The molecule has 0 atom stereocenters. The smallest absolute Gasteiger partial charge is 0.270 e. The molecule has 2 aliphatic heterocycles. The molecular formula is C28H33N5O2S2. The molecule has 9 heteroatoms. The second kappa shape index (κ2) is 11.5. The molecule has 7 nitrogen and oxygen atoms in total. The highest BCUT2D eigenvalue weighted by Crippen LogP contribution is 2.36. The minimum atomic E-state index is -0.271. The van der Waals surface area contributed by atoms with Gasteiger partial charge in [-0.25, -0.2) is 0 Å². The first kappa shape index (κ1) is 27.0. The first-order valence-corrected chi connectivity index (χ1v) is 14.0. The monoisotopic (exact) mass is 535 g/mol. The summed E-state index contributed by atoms with van der Waals surface area (Å²) < 4.78 is 2.27. The van der Waals surface area contributed by atoms with E-state index in [2.05, 4.69) is 41.8 Å². The molecule has 0 spiro atoms. The fourth-order valence-electron chi connectivity index (χ4n) is 4.88. The van der Waals surface area contributed by atoms with Crippen LogP contribution in [0.25, 0.3) is 6.08 Å². The SMILES string of the molecule is CCCn1c(N2CCN(c3ccccc3)CC2)c(/C=C2\SC(=S)N(CC(C)C)C2=O)c(C)c(C#N)c1=O. The van der Waals surface area contributed by atoms with Crippen LogP contribution in [0, 0.1) is 24.2 Å². The quantitative estimate of drug-likeness (QED) is 0.378. The summed E-state index contributed by atoms with van der Waals surface area (Å²) in [6.07, 6.45) is 2.60. The van der Waals surface area contributed by atoms with Crippen LogP contribution in [0.15, 0.2) is 40.0 Å². The molecule has 0 unspecified atom stereocenters. The zero-order valence-electron chi connectivity index (χ0n) is 21.9.